The van der Waals surface area contributed by atoms with Crippen LogP contribution in [0.3, 0.4) is 0 Å². The van der Waals surface area contributed by atoms with Crippen molar-refractivity contribution in [1.29, 1.82) is 0 Å². The summed E-state index contributed by atoms with van der Waals surface area (Å²) in [5.74, 6) is 4.38. The molecule has 2 aromatic rings. The minimum atomic E-state index is 0.426. The van der Waals surface area contributed by atoms with E-state index >= 15 is 0 Å². The molecule has 0 aromatic carbocycles. The smallest absolute Gasteiger partial charge is 0.161 e. The van der Waals surface area contributed by atoms with Gasteiger partial charge < -0.3 is 0 Å². The van der Waals surface area contributed by atoms with Gasteiger partial charge in [-0.3, -0.25) is 9.47 Å². The lowest BCUT2D eigenvalue weighted by Crippen LogP contribution is -2.35. The normalized spacial score (nSPS) is 27.3. The fourth-order valence-corrected chi connectivity index (χ4v) is 4.99. The van der Waals surface area contributed by atoms with Gasteiger partial charge in [-0.1, -0.05) is 0 Å². The van der Waals surface area contributed by atoms with Gasteiger partial charge in [-0.2, -0.15) is 11.8 Å². The van der Waals surface area contributed by atoms with Crippen molar-refractivity contribution in [2.24, 2.45) is 0 Å². The van der Waals surface area contributed by atoms with E-state index in [0.717, 1.165) is 11.2 Å². The summed E-state index contributed by atoms with van der Waals surface area (Å²) < 4.78 is 2.46. The number of imidazole rings is 1. The van der Waals surface area contributed by atoms with Gasteiger partial charge >= 0.3 is 0 Å². The summed E-state index contributed by atoms with van der Waals surface area (Å²) in [4.78, 5) is 12.2. The highest BCUT2D eigenvalue weighted by molar-refractivity contribution is 7.99. The second kappa shape index (κ2) is 6.20. The zero-order valence-corrected chi connectivity index (χ0v) is 14.1. The van der Waals surface area contributed by atoms with Crippen molar-refractivity contribution < 1.29 is 0 Å². The number of rotatable bonds is 2. The Morgan fingerprint density at radius 1 is 1.23 bits per heavy atom. The zero-order chi connectivity index (χ0) is 14.9. The maximum Gasteiger partial charge on any atom is 0.161 e. The van der Waals surface area contributed by atoms with Gasteiger partial charge in [0.05, 0.1) is 6.17 Å². The highest BCUT2D eigenvalue weighted by atomic mass is 32.2. The van der Waals surface area contributed by atoms with Crippen LogP contribution in [0.5, 0.6) is 0 Å². The van der Waals surface area contributed by atoms with Gasteiger partial charge in [0.2, 0.25) is 0 Å². The Morgan fingerprint density at radius 3 is 3.00 bits per heavy atom. The van der Waals surface area contributed by atoms with E-state index in [1.165, 1.54) is 56.0 Å². The molecule has 2 aliphatic rings. The van der Waals surface area contributed by atoms with E-state index in [0.29, 0.717) is 12.1 Å². The van der Waals surface area contributed by atoms with Crippen LogP contribution in [0.4, 0.5) is 0 Å². The Hall–Kier alpha value is -1.07. The Bertz CT molecular complexity index is 647. The molecule has 0 amide bonds. The van der Waals surface area contributed by atoms with E-state index < -0.39 is 0 Å². The second-order valence-electron chi connectivity index (χ2n) is 6.56. The maximum absolute atomic E-state index is 5.01. The third-order valence-corrected chi connectivity index (χ3v) is 6.25. The topological polar surface area (TPSA) is 34.0 Å². The van der Waals surface area contributed by atoms with Crippen LogP contribution in [0.2, 0.25) is 0 Å². The number of pyridine rings is 1. The number of fused-ring (bicyclic) bond motifs is 1. The number of nitrogens with zero attached hydrogens (tertiary/aromatic N) is 4. The predicted octanol–water partition coefficient (Wildman–Crippen LogP) is 3.66. The van der Waals surface area contributed by atoms with Gasteiger partial charge in [0.1, 0.15) is 11.3 Å². The first-order valence-corrected chi connectivity index (χ1v) is 9.61. The van der Waals surface area contributed by atoms with Crippen molar-refractivity contribution in [3.05, 3.63) is 24.2 Å². The highest BCUT2D eigenvalue weighted by Crippen LogP contribution is 2.36. The molecule has 2 atom stereocenters. The third-order valence-electron chi connectivity index (χ3n) is 5.03. The Balaban J connectivity index is 1.82. The molecule has 4 nitrogen and oxygen atoms in total. The van der Waals surface area contributed by atoms with Crippen LogP contribution in [0, 0.1) is 0 Å². The molecule has 0 saturated carbocycles. The van der Waals surface area contributed by atoms with E-state index in [-0.39, 0.29) is 0 Å². The molecule has 2 fully saturated rings. The quantitative estimate of drug-likeness (QED) is 0.847. The molecule has 5 heteroatoms. The first-order valence-electron chi connectivity index (χ1n) is 8.45. The molecule has 4 rings (SSSR count). The Labute approximate surface area is 136 Å². The van der Waals surface area contributed by atoms with Crippen molar-refractivity contribution >= 4 is 22.9 Å². The van der Waals surface area contributed by atoms with Crippen LogP contribution < -0.4 is 0 Å². The first kappa shape index (κ1) is 14.5. The van der Waals surface area contributed by atoms with Crippen molar-refractivity contribution in [2.75, 3.05) is 25.1 Å². The molecule has 0 N–H and O–H groups in total. The molecule has 0 spiro atoms. The third kappa shape index (κ3) is 2.54. The van der Waals surface area contributed by atoms with Crippen LogP contribution in [-0.4, -0.2) is 44.5 Å². The summed E-state index contributed by atoms with van der Waals surface area (Å²) in [6.45, 7) is 1.18. The van der Waals surface area contributed by atoms with Gasteiger partial charge in [-0.25, -0.2) is 9.97 Å². The van der Waals surface area contributed by atoms with E-state index in [2.05, 4.69) is 39.3 Å². The molecule has 0 bridgehead atoms. The Morgan fingerprint density at radius 2 is 2.18 bits per heavy atom. The molecule has 4 heterocycles. The Kier molecular flexibility index (Phi) is 4.09. The zero-order valence-electron chi connectivity index (χ0n) is 13.2. The average molecular weight is 316 g/mol. The van der Waals surface area contributed by atoms with Crippen molar-refractivity contribution in [2.45, 2.75) is 44.2 Å². The van der Waals surface area contributed by atoms with Crippen molar-refractivity contribution in [1.82, 2.24) is 19.4 Å². The van der Waals surface area contributed by atoms with E-state index in [1.807, 2.05) is 12.3 Å². The highest BCUT2D eigenvalue weighted by Gasteiger charge is 2.29. The number of hydrogen-bond acceptors (Lipinski definition) is 4. The fourth-order valence-electron chi connectivity index (χ4n) is 3.86. The molecule has 2 aromatic heterocycles. The second-order valence-corrected chi connectivity index (χ2v) is 7.71. The molecule has 2 unspecified atom stereocenters. The lowest BCUT2D eigenvalue weighted by atomic mass is 10.0. The van der Waals surface area contributed by atoms with Gasteiger partial charge in [-0.05, 0) is 63.6 Å². The van der Waals surface area contributed by atoms with Crippen LogP contribution in [0.1, 0.15) is 50.0 Å². The van der Waals surface area contributed by atoms with Gasteiger partial charge in [-0.15, -0.1) is 0 Å². The lowest BCUT2D eigenvalue weighted by Gasteiger charge is -2.35. The summed E-state index contributed by atoms with van der Waals surface area (Å²) in [6.07, 6.45) is 8.74. The number of likely N-dealkylation sites (tertiary alicyclic amines) is 1. The monoisotopic (exact) mass is 316 g/mol. The molecule has 2 aliphatic heterocycles. The maximum atomic E-state index is 5.01. The first-order chi connectivity index (χ1) is 10.8. The van der Waals surface area contributed by atoms with Crippen LogP contribution in [-0.2, 0) is 0 Å². The summed E-state index contributed by atoms with van der Waals surface area (Å²) >= 11 is 2.08. The molecule has 0 aliphatic carbocycles. The van der Waals surface area contributed by atoms with Crippen LogP contribution in [0.25, 0.3) is 11.2 Å². The van der Waals surface area contributed by atoms with Crippen molar-refractivity contribution in [3.63, 3.8) is 0 Å². The SMILES string of the molecule is CN1CCCCC1n1c(C2CCCSC2)nc2cccnc21. The standard InChI is InChI=1S/C17H24N4S/c1-20-10-3-2-8-15(20)21-16(13-6-5-11-22-12-13)19-14-7-4-9-18-17(14)21/h4,7,9,13,15H,2-3,5-6,8,10-12H2,1H3. The number of piperidine rings is 1. The summed E-state index contributed by atoms with van der Waals surface area (Å²) in [5, 5.41) is 0. The summed E-state index contributed by atoms with van der Waals surface area (Å²) in [6, 6.07) is 4.12. The average Bonchev–Trinajstić information content (AvgIpc) is 2.95. The van der Waals surface area contributed by atoms with Crippen LogP contribution in [0.15, 0.2) is 18.3 Å². The number of hydrogen-bond donors (Lipinski definition) is 0. The van der Waals surface area contributed by atoms with Gasteiger partial charge in [0.15, 0.2) is 5.65 Å². The molecular formula is C17H24N4S. The van der Waals surface area contributed by atoms with E-state index in [1.54, 1.807) is 0 Å². The van der Waals surface area contributed by atoms with Crippen LogP contribution >= 0.6 is 11.8 Å². The fraction of sp³-hybridized carbons (Fsp3) is 0.647. The summed E-state index contributed by atoms with van der Waals surface area (Å²) in [7, 11) is 2.25. The lowest BCUT2D eigenvalue weighted by molar-refractivity contribution is 0.126. The molecule has 22 heavy (non-hydrogen) atoms. The largest absolute Gasteiger partial charge is 0.296 e. The van der Waals surface area contributed by atoms with E-state index in [4.69, 9.17) is 4.98 Å². The predicted molar refractivity (Wildman–Crippen MR) is 92.3 cm³/mol. The number of aromatic nitrogens is 3. The molecule has 0 radical (unpaired) electrons. The van der Waals surface area contributed by atoms with Crippen molar-refractivity contribution in [3.8, 4) is 0 Å². The van der Waals surface area contributed by atoms with Gasteiger partial charge in [0.25, 0.3) is 0 Å². The summed E-state index contributed by atoms with van der Waals surface area (Å²) in [5.41, 5.74) is 2.14. The van der Waals surface area contributed by atoms with E-state index in [9.17, 15) is 0 Å². The van der Waals surface area contributed by atoms with Gasteiger partial charge in [0, 0.05) is 17.9 Å². The number of thioether (sulfide) groups is 1. The molecular weight excluding hydrogens is 292 g/mol. The minimum absolute atomic E-state index is 0.426. The molecule has 2 saturated heterocycles. The minimum Gasteiger partial charge on any atom is -0.296 e. The molecule has 118 valence electrons.